The average molecular weight is 448 g/mol. The number of likely N-dealkylation sites (N-methyl/N-ethyl adjacent to an activating group) is 2. The molecule has 5 atom stereocenters. The lowest BCUT2D eigenvalue weighted by Crippen LogP contribution is -2.76. The first kappa shape index (κ1) is 21.0. The molecule has 1 saturated heterocycles. The van der Waals surface area contributed by atoms with E-state index in [1.807, 2.05) is 24.1 Å². The number of ether oxygens (including phenoxy) is 1. The zero-order valence-corrected chi connectivity index (χ0v) is 20.4. The molecule has 1 aromatic heterocycles. The van der Waals surface area contributed by atoms with Crippen LogP contribution in [0.15, 0.2) is 41.2 Å². The predicted molar refractivity (Wildman–Crippen MR) is 128 cm³/mol. The molecule has 2 aromatic rings. The number of piperidine rings is 1. The fourth-order valence-electron chi connectivity index (χ4n) is 8.05. The molecule has 1 saturated carbocycles. The number of hydrogen-bond acceptors (Lipinski definition) is 3. The molecule has 5 nitrogen and oxygen atoms in total. The number of nitrogens with zero attached hydrogens (tertiary/aromatic N) is 2. The van der Waals surface area contributed by atoms with E-state index in [2.05, 4.69) is 40.1 Å². The van der Waals surface area contributed by atoms with Crippen molar-refractivity contribution < 1.29 is 18.4 Å². The number of carbonyl (C=O) groups is 1. The van der Waals surface area contributed by atoms with Crippen molar-refractivity contribution in [1.82, 2.24) is 4.90 Å². The summed E-state index contributed by atoms with van der Waals surface area (Å²) in [4.78, 5) is 15.2. The van der Waals surface area contributed by atoms with Gasteiger partial charge in [0.05, 0.1) is 50.7 Å². The third-order valence-corrected chi connectivity index (χ3v) is 9.83. The van der Waals surface area contributed by atoms with E-state index in [9.17, 15) is 4.79 Å². The van der Waals surface area contributed by atoms with Crippen LogP contribution in [-0.2, 0) is 16.6 Å². The number of carbonyl (C=O) groups excluding carboxylic acids is 1. The molecular weight excluding hydrogens is 412 g/mol. The number of benzene rings is 1. The van der Waals surface area contributed by atoms with Gasteiger partial charge in [-0.05, 0) is 43.0 Å². The summed E-state index contributed by atoms with van der Waals surface area (Å²) in [7, 11) is 6.78. The minimum absolute atomic E-state index is 0.00507. The Balaban J connectivity index is 1.43. The van der Waals surface area contributed by atoms with Crippen LogP contribution < -0.4 is 4.74 Å². The summed E-state index contributed by atoms with van der Waals surface area (Å²) < 4.78 is 13.1. The van der Waals surface area contributed by atoms with E-state index in [1.54, 1.807) is 18.6 Å². The molecule has 4 aliphatic rings. The molecule has 1 spiro atoms. The second kappa shape index (κ2) is 6.75. The van der Waals surface area contributed by atoms with Gasteiger partial charge < -0.3 is 18.5 Å². The third kappa shape index (κ3) is 2.60. The topological polar surface area (TPSA) is 42.7 Å². The molecule has 1 amide bonds. The Kier molecular flexibility index (Phi) is 4.30. The van der Waals surface area contributed by atoms with Crippen molar-refractivity contribution in [3.05, 3.63) is 59.1 Å². The molecule has 0 radical (unpaired) electrons. The highest BCUT2D eigenvalue weighted by Crippen LogP contribution is 2.69. The first-order valence-corrected chi connectivity index (χ1v) is 12.3. The maximum atomic E-state index is 13.2. The molecule has 0 N–H and O–H groups in total. The van der Waals surface area contributed by atoms with Gasteiger partial charge in [-0.15, -0.1) is 0 Å². The smallest absolute Gasteiger partial charge is 0.246 e. The summed E-state index contributed by atoms with van der Waals surface area (Å²) >= 11 is 0. The van der Waals surface area contributed by atoms with Gasteiger partial charge in [0.1, 0.15) is 11.9 Å². The van der Waals surface area contributed by atoms with Crippen LogP contribution in [0.25, 0.3) is 6.08 Å². The number of aryl methyl sites for hydroxylation is 1. The van der Waals surface area contributed by atoms with E-state index in [1.165, 1.54) is 16.7 Å². The standard InChI is InChI=1S/C28H35N2O3/c1-18-6-8-20-16-22-27(2)12-10-21(29(3)23(31)9-7-19-11-15-32-17-19)26-28(27,13-14-30(22,4)5)24(20)25(18)33-26/h6-9,11,15,17,21-22,26H,10,12-14,16H2,1-5H3/q+1/b9-7+/t21-,22+,26-,27-,28-/m0/s1. The molecule has 2 aliphatic heterocycles. The third-order valence-electron chi connectivity index (χ3n) is 9.83. The Morgan fingerprint density at radius 3 is 2.82 bits per heavy atom. The molecule has 174 valence electrons. The molecule has 0 unspecified atom stereocenters. The van der Waals surface area contributed by atoms with E-state index in [0.29, 0.717) is 6.04 Å². The zero-order chi connectivity index (χ0) is 23.2. The minimum Gasteiger partial charge on any atom is -0.487 e. The van der Waals surface area contributed by atoms with E-state index < -0.39 is 0 Å². The highest BCUT2D eigenvalue weighted by Gasteiger charge is 2.74. The van der Waals surface area contributed by atoms with Crippen LogP contribution in [0, 0.1) is 12.3 Å². The second-order valence-corrected chi connectivity index (χ2v) is 11.6. The molecule has 2 bridgehead atoms. The van der Waals surface area contributed by atoms with Crippen molar-refractivity contribution in [2.24, 2.45) is 5.41 Å². The van der Waals surface area contributed by atoms with Gasteiger partial charge in [0.2, 0.25) is 5.91 Å². The molecule has 6 rings (SSSR count). The average Bonchev–Trinajstić information content (AvgIpc) is 3.42. The van der Waals surface area contributed by atoms with Gasteiger partial charge in [-0.25, -0.2) is 0 Å². The monoisotopic (exact) mass is 447 g/mol. The van der Waals surface area contributed by atoms with E-state index in [-0.39, 0.29) is 28.9 Å². The van der Waals surface area contributed by atoms with Crippen molar-refractivity contribution >= 4 is 12.0 Å². The van der Waals surface area contributed by atoms with E-state index in [0.717, 1.165) is 48.0 Å². The maximum absolute atomic E-state index is 13.2. The fraction of sp³-hybridized carbons (Fsp3) is 0.536. The fourth-order valence-corrected chi connectivity index (χ4v) is 8.05. The number of likely N-dealkylation sites (tertiary alicyclic amines) is 1. The molecule has 5 heteroatoms. The summed E-state index contributed by atoms with van der Waals surface area (Å²) in [6.07, 6.45) is 11.1. The van der Waals surface area contributed by atoms with Crippen molar-refractivity contribution in [1.29, 1.82) is 0 Å². The molecule has 2 fully saturated rings. The highest BCUT2D eigenvalue weighted by molar-refractivity contribution is 5.91. The Morgan fingerprint density at radius 1 is 1.24 bits per heavy atom. The lowest BCUT2D eigenvalue weighted by Gasteiger charge is -2.66. The van der Waals surface area contributed by atoms with E-state index >= 15 is 0 Å². The Bertz CT molecular complexity index is 1150. The van der Waals surface area contributed by atoms with Gasteiger partial charge in [0.15, 0.2) is 0 Å². The Labute approximate surface area is 196 Å². The SMILES string of the molecule is Cc1ccc2c3c1O[C@H]1[C@@H](N(C)C(=O)/C=C/c4ccoc4)CC[C@@]4(C)[C@@H](C2)[N+](C)(C)CC[C@]314. The molecule has 2 aliphatic carbocycles. The number of furan rings is 1. The normalized spacial score (nSPS) is 35.2. The number of rotatable bonds is 3. The predicted octanol–water partition coefficient (Wildman–Crippen LogP) is 4.33. The van der Waals surface area contributed by atoms with Crippen molar-refractivity contribution in [2.75, 3.05) is 27.7 Å². The molecule has 33 heavy (non-hydrogen) atoms. The summed E-state index contributed by atoms with van der Waals surface area (Å²) in [6.45, 7) is 5.86. The zero-order valence-electron chi connectivity index (χ0n) is 20.4. The number of amides is 1. The minimum atomic E-state index is -0.0217. The summed E-state index contributed by atoms with van der Waals surface area (Å²) in [6, 6.07) is 7.08. The van der Waals surface area contributed by atoms with Gasteiger partial charge in [-0.2, -0.15) is 0 Å². The summed E-state index contributed by atoms with van der Waals surface area (Å²) in [5, 5.41) is 0. The lowest BCUT2D eigenvalue weighted by molar-refractivity contribution is -0.932. The molecule has 1 aromatic carbocycles. The first-order valence-electron chi connectivity index (χ1n) is 12.3. The van der Waals surface area contributed by atoms with Crippen LogP contribution in [0.4, 0.5) is 0 Å². The lowest BCUT2D eigenvalue weighted by atomic mass is 9.43. The van der Waals surface area contributed by atoms with Crippen molar-refractivity contribution in [2.45, 2.75) is 63.1 Å². The van der Waals surface area contributed by atoms with Crippen LogP contribution >= 0.6 is 0 Å². The highest BCUT2D eigenvalue weighted by atomic mass is 16.5. The second-order valence-electron chi connectivity index (χ2n) is 11.6. The largest absolute Gasteiger partial charge is 0.487 e. The molecule has 3 heterocycles. The molecular formula is C28H35N2O3+. The van der Waals surface area contributed by atoms with Crippen LogP contribution in [0.1, 0.15) is 48.4 Å². The van der Waals surface area contributed by atoms with E-state index in [4.69, 9.17) is 9.15 Å². The van der Waals surface area contributed by atoms with Gasteiger partial charge in [0, 0.05) is 42.5 Å². The van der Waals surface area contributed by atoms with Crippen LogP contribution in [0.2, 0.25) is 0 Å². The number of quaternary nitrogens is 1. The van der Waals surface area contributed by atoms with Crippen LogP contribution in [0.3, 0.4) is 0 Å². The quantitative estimate of drug-likeness (QED) is 0.520. The maximum Gasteiger partial charge on any atom is 0.246 e. The number of hydrogen-bond donors (Lipinski definition) is 0. The Hall–Kier alpha value is -2.53. The van der Waals surface area contributed by atoms with Gasteiger partial charge in [-0.1, -0.05) is 19.1 Å². The van der Waals surface area contributed by atoms with Crippen LogP contribution in [0.5, 0.6) is 5.75 Å². The van der Waals surface area contributed by atoms with Crippen molar-refractivity contribution in [3.8, 4) is 5.75 Å². The van der Waals surface area contributed by atoms with Gasteiger partial charge >= 0.3 is 0 Å². The van der Waals surface area contributed by atoms with Crippen molar-refractivity contribution in [3.63, 3.8) is 0 Å². The first-order chi connectivity index (χ1) is 15.7. The van der Waals surface area contributed by atoms with Gasteiger partial charge in [-0.3, -0.25) is 4.79 Å². The van der Waals surface area contributed by atoms with Crippen LogP contribution in [-0.4, -0.2) is 61.2 Å². The van der Waals surface area contributed by atoms with Gasteiger partial charge in [0.25, 0.3) is 0 Å². The Morgan fingerprint density at radius 2 is 2.06 bits per heavy atom. The summed E-state index contributed by atoms with van der Waals surface area (Å²) in [5.41, 5.74) is 5.22. The summed E-state index contributed by atoms with van der Waals surface area (Å²) in [5.74, 6) is 1.13.